The lowest BCUT2D eigenvalue weighted by molar-refractivity contribution is -0.148. The molecular weight excluding hydrogens is 340 g/mol. The van der Waals surface area contributed by atoms with Crippen LogP contribution in [0.1, 0.15) is 25.0 Å². The van der Waals surface area contributed by atoms with E-state index in [9.17, 15) is 9.59 Å². The van der Waals surface area contributed by atoms with Crippen LogP contribution in [0.15, 0.2) is 22.7 Å². The van der Waals surface area contributed by atoms with Crippen molar-refractivity contribution in [1.82, 2.24) is 0 Å². The predicted octanol–water partition coefficient (Wildman–Crippen LogP) is 3.34. The first kappa shape index (κ1) is 17.2. The number of aryl methyl sites for hydroxylation is 1. The third-order valence-electron chi connectivity index (χ3n) is 2.83. The third kappa shape index (κ3) is 4.90. The Morgan fingerprint density at radius 3 is 2.48 bits per heavy atom. The first-order valence-corrected chi connectivity index (χ1v) is 7.00. The molecule has 0 saturated heterocycles. The van der Waals surface area contributed by atoms with Gasteiger partial charge < -0.3 is 14.9 Å². The second kappa shape index (κ2) is 6.76. The number of carboxylic acids is 2. The molecule has 1 aromatic carbocycles. The molecule has 0 radical (unpaired) electrons. The van der Waals surface area contributed by atoms with Crippen molar-refractivity contribution in [3.05, 3.63) is 33.8 Å². The predicted molar refractivity (Wildman–Crippen MR) is 82.5 cm³/mol. The average Bonchev–Trinajstić information content (AvgIpc) is 2.34. The molecule has 0 saturated carbocycles. The fourth-order valence-electron chi connectivity index (χ4n) is 1.55. The zero-order chi connectivity index (χ0) is 16.2. The summed E-state index contributed by atoms with van der Waals surface area (Å²) in [4.78, 5) is 21.7. The second-order valence-electron chi connectivity index (χ2n) is 5.29. The van der Waals surface area contributed by atoms with Crippen LogP contribution in [0.3, 0.4) is 0 Å². The third-order valence-corrected chi connectivity index (χ3v) is 3.29. The number of halogens is 1. The number of carboxylic acid groups (broad SMARTS) is 2. The molecule has 0 atom stereocenters. The van der Waals surface area contributed by atoms with Crippen LogP contribution >= 0.6 is 15.9 Å². The molecule has 0 amide bonds. The minimum Gasteiger partial charge on any atom is -0.492 e. The highest BCUT2D eigenvalue weighted by atomic mass is 79.9. The monoisotopic (exact) mass is 356 g/mol. The van der Waals surface area contributed by atoms with Gasteiger partial charge in [0, 0.05) is 16.1 Å². The van der Waals surface area contributed by atoms with Crippen LogP contribution in [0.2, 0.25) is 0 Å². The molecule has 2 N–H and O–H groups in total. The summed E-state index contributed by atoms with van der Waals surface area (Å²) in [7, 11) is 0. The summed E-state index contributed by atoms with van der Waals surface area (Å²) >= 11 is 3.34. The standard InChI is InChI=1S/C15H17BrO5/c1-9-6-11(16)7-10(4-5-12(17)18)13(9)21-8-15(2,3)14(19)20/h4-7H,8H2,1-3H3,(H,17,18)(H,19,20)/b5-4+. The van der Waals surface area contributed by atoms with E-state index in [1.54, 1.807) is 19.9 Å². The Hall–Kier alpha value is -1.82. The average molecular weight is 357 g/mol. The quantitative estimate of drug-likeness (QED) is 0.763. The molecule has 0 aliphatic heterocycles. The van der Waals surface area contributed by atoms with Crippen LogP contribution in [-0.2, 0) is 9.59 Å². The Morgan fingerprint density at radius 2 is 1.95 bits per heavy atom. The molecule has 0 spiro atoms. The second-order valence-corrected chi connectivity index (χ2v) is 6.21. The SMILES string of the molecule is Cc1cc(Br)cc(/C=C/C(=O)O)c1OCC(C)(C)C(=O)O. The van der Waals surface area contributed by atoms with Crippen LogP contribution in [0.4, 0.5) is 0 Å². The molecule has 6 heteroatoms. The van der Waals surface area contributed by atoms with Crippen LogP contribution < -0.4 is 4.74 Å². The highest BCUT2D eigenvalue weighted by molar-refractivity contribution is 9.10. The maximum absolute atomic E-state index is 11.1. The van der Waals surface area contributed by atoms with E-state index in [-0.39, 0.29) is 6.61 Å². The van der Waals surface area contributed by atoms with Gasteiger partial charge >= 0.3 is 11.9 Å². The van der Waals surface area contributed by atoms with Crippen LogP contribution in [0.25, 0.3) is 6.08 Å². The fraction of sp³-hybridized carbons (Fsp3) is 0.333. The van der Waals surface area contributed by atoms with Crippen molar-refractivity contribution in [2.45, 2.75) is 20.8 Å². The van der Waals surface area contributed by atoms with Crippen molar-refractivity contribution in [1.29, 1.82) is 0 Å². The molecule has 0 heterocycles. The minimum atomic E-state index is -1.07. The Bertz CT molecular complexity index is 590. The van der Waals surface area contributed by atoms with Gasteiger partial charge in [0.25, 0.3) is 0 Å². The summed E-state index contributed by atoms with van der Waals surface area (Å²) in [5, 5.41) is 17.8. The normalized spacial score (nSPS) is 11.6. The molecule has 5 nitrogen and oxygen atoms in total. The first-order valence-electron chi connectivity index (χ1n) is 6.21. The lowest BCUT2D eigenvalue weighted by Gasteiger charge is -2.21. The Morgan fingerprint density at radius 1 is 1.33 bits per heavy atom. The number of aliphatic carboxylic acids is 2. The molecule has 0 unspecified atom stereocenters. The number of hydrogen-bond donors (Lipinski definition) is 2. The summed E-state index contributed by atoms with van der Waals surface area (Å²) in [6, 6.07) is 3.54. The molecule has 0 aliphatic carbocycles. The molecule has 0 aromatic heterocycles. The highest BCUT2D eigenvalue weighted by Crippen LogP contribution is 2.30. The van der Waals surface area contributed by atoms with Gasteiger partial charge in [-0.15, -0.1) is 0 Å². The number of rotatable bonds is 6. The van der Waals surface area contributed by atoms with Crippen LogP contribution in [0.5, 0.6) is 5.75 Å². The summed E-state index contributed by atoms with van der Waals surface area (Å²) < 4.78 is 6.42. The van der Waals surface area contributed by atoms with Crippen molar-refractivity contribution in [3.8, 4) is 5.75 Å². The van der Waals surface area contributed by atoms with E-state index >= 15 is 0 Å². The van der Waals surface area contributed by atoms with Crippen LogP contribution in [-0.4, -0.2) is 28.8 Å². The van der Waals surface area contributed by atoms with Gasteiger partial charge in [-0.05, 0) is 44.5 Å². The van der Waals surface area contributed by atoms with Gasteiger partial charge in [0.15, 0.2) is 0 Å². The topological polar surface area (TPSA) is 83.8 Å². The molecule has 21 heavy (non-hydrogen) atoms. The number of benzene rings is 1. The number of hydrogen-bond acceptors (Lipinski definition) is 3. The van der Waals surface area contributed by atoms with Crippen molar-refractivity contribution in [2.75, 3.05) is 6.61 Å². The maximum atomic E-state index is 11.1. The van der Waals surface area contributed by atoms with Crippen molar-refractivity contribution < 1.29 is 24.5 Å². The molecule has 114 valence electrons. The molecular formula is C15H17BrO5. The number of carbonyl (C=O) groups is 2. The van der Waals surface area contributed by atoms with Crippen LogP contribution in [0, 0.1) is 12.3 Å². The number of ether oxygens (including phenoxy) is 1. The lowest BCUT2D eigenvalue weighted by atomic mass is 9.95. The van der Waals surface area contributed by atoms with Crippen molar-refractivity contribution in [3.63, 3.8) is 0 Å². The van der Waals surface area contributed by atoms with Gasteiger partial charge in [-0.3, -0.25) is 4.79 Å². The Kier molecular flexibility index (Phi) is 5.54. The summed E-state index contributed by atoms with van der Waals surface area (Å²) in [6.07, 6.45) is 2.43. The van der Waals surface area contributed by atoms with Gasteiger partial charge in [0.1, 0.15) is 12.4 Å². The van der Waals surface area contributed by atoms with E-state index in [1.165, 1.54) is 6.08 Å². The Balaban J connectivity index is 3.10. The highest BCUT2D eigenvalue weighted by Gasteiger charge is 2.28. The van der Waals surface area contributed by atoms with E-state index < -0.39 is 17.4 Å². The van der Waals surface area contributed by atoms with E-state index in [2.05, 4.69) is 15.9 Å². The first-order chi connectivity index (χ1) is 9.63. The maximum Gasteiger partial charge on any atom is 0.328 e. The van der Waals surface area contributed by atoms with Crippen molar-refractivity contribution >= 4 is 33.9 Å². The largest absolute Gasteiger partial charge is 0.492 e. The molecule has 0 fully saturated rings. The smallest absolute Gasteiger partial charge is 0.328 e. The van der Waals surface area contributed by atoms with E-state index in [0.29, 0.717) is 11.3 Å². The summed E-state index contributed by atoms with van der Waals surface area (Å²) in [5.74, 6) is -1.55. The molecule has 0 bridgehead atoms. The van der Waals surface area contributed by atoms with Gasteiger partial charge in [0.05, 0.1) is 5.41 Å². The van der Waals surface area contributed by atoms with E-state index in [0.717, 1.165) is 16.1 Å². The van der Waals surface area contributed by atoms with Gasteiger partial charge in [-0.2, -0.15) is 0 Å². The van der Waals surface area contributed by atoms with Crippen molar-refractivity contribution in [2.24, 2.45) is 5.41 Å². The Labute approximate surface area is 131 Å². The fourth-order valence-corrected chi connectivity index (χ4v) is 2.14. The summed E-state index contributed by atoms with van der Waals surface area (Å²) in [6.45, 7) is 4.93. The van der Waals surface area contributed by atoms with E-state index in [1.807, 2.05) is 13.0 Å². The lowest BCUT2D eigenvalue weighted by Crippen LogP contribution is -2.31. The van der Waals surface area contributed by atoms with Gasteiger partial charge in [-0.25, -0.2) is 4.79 Å². The molecule has 0 aliphatic rings. The molecule has 1 rings (SSSR count). The minimum absolute atomic E-state index is 0.0152. The van der Waals surface area contributed by atoms with Gasteiger partial charge in [0.2, 0.25) is 0 Å². The molecule has 1 aromatic rings. The zero-order valence-corrected chi connectivity index (χ0v) is 13.6. The van der Waals surface area contributed by atoms with E-state index in [4.69, 9.17) is 14.9 Å². The zero-order valence-electron chi connectivity index (χ0n) is 12.0. The summed E-state index contributed by atoms with van der Waals surface area (Å²) in [5.41, 5.74) is 0.328. The van der Waals surface area contributed by atoms with Gasteiger partial charge in [-0.1, -0.05) is 15.9 Å².